The Labute approximate surface area is 142 Å². The topological polar surface area (TPSA) is 138 Å². The molecular formula is C15H18N8O2. The summed E-state index contributed by atoms with van der Waals surface area (Å²) in [5.74, 6) is 1.30. The lowest BCUT2D eigenvalue weighted by Gasteiger charge is -2.39. The van der Waals surface area contributed by atoms with E-state index in [-0.39, 0.29) is 12.3 Å². The number of rotatable bonds is 5. The SMILES string of the molecule is Cc1nc(C2(NC(=O)CCn3cnc4c(N)ncnc43)CCC2)no1. The van der Waals surface area contributed by atoms with Crippen molar-refractivity contribution in [2.24, 2.45) is 0 Å². The molecule has 0 saturated heterocycles. The Kier molecular flexibility index (Phi) is 3.59. The second-order valence-corrected chi connectivity index (χ2v) is 6.24. The number of anilines is 1. The van der Waals surface area contributed by atoms with Crippen LogP contribution in [0.1, 0.15) is 37.4 Å². The van der Waals surface area contributed by atoms with Crippen molar-refractivity contribution in [2.75, 3.05) is 5.73 Å². The van der Waals surface area contributed by atoms with Crippen molar-refractivity contribution < 1.29 is 9.32 Å². The highest BCUT2D eigenvalue weighted by molar-refractivity contribution is 5.81. The molecule has 1 aliphatic rings. The van der Waals surface area contributed by atoms with Crippen molar-refractivity contribution >= 4 is 22.9 Å². The number of amides is 1. The molecule has 10 heteroatoms. The average molecular weight is 342 g/mol. The van der Waals surface area contributed by atoms with Gasteiger partial charge >= 0.3 is 0 Å². The van der Waals surface area contributed by atoms with E-state index in [2.05, 4.69) is 30.4 Å². The molecule has 0 unspecified atom stereocenters. The molecule has 0 radical (unpaired) electrons. The molecule has 3 heterocycles. The van der Waals surface area contributed by atoms with Crippen LogP contribution in [0.2, 0.25) is 0 Å². The van der Waals surface area contributed by atoms with E-state index in [1.807, 2.05) is 0 Å². The van der Waals surface area contributed by atoms with Crippen LogP contribution in [0.25, 0.3) is 11.2 Å². The fourth-order valence-corrected chi connectivity index (χ4v) is 3.04. The minimum absolute atomic E-state index is 0.0777. The number of nitrogen functional groups attached to an aromatic ring is 1. The van der Waals surface area contributed by atoms with E-state index in [1.54, 1.807) is 17.8 Å². The van der Waals surface area contributed by atoms with Crippen molar-refractivity contribution in [3.63, 3.8) is 0 Å². The zero-order chi connectivity index (χ0) is 17.4. The first-order valence-corrected chi connectivity index (χ1v) is 8.10. The Morgan fingerprint density at radius 1 is 1.40 bits per heavy atom. The van der Waals surface area contributed by atoms with Crippen molar-refractivity contribution in [2.45, 2.75) is 44.7 Å². The van der Waals surface area contributed by atoms with E-state index in [9.17, 15) is 4.79 Å². The molecule has 0 bridgehead atoms. The highest BCUT2D eigenvalue weighted by Crippen LogP contribution is 2.39. The minimum Gasteiger partial charge on any atom is -0.382 e. The first-order chi connectivity index (χ1) is 12.1. The largest absolute Gasteiger partial charge is 0.382 e. The number of fused-ring (bicyclic) bond motifs is 1. The second kappa shape index (κ2) is 5.80. The van der Waals surface area contributed by atoms with E-state index >= 15 is 0 Å². The summed E-state index contributed by atoms with van der Waals surface area (Å²) in [6.45, 7) is 2.18. The maximum absolute atomic E-state index is 12.4. The lowest BCUT2D eigenvalue weighted by atomic mass is 9.76. The maximum atomic E-state index is 12.4. The van der Waals surface area contributed by atoms with Crippen molar-refractivity contribution in [3.8, 4) is 0 Å². The van der Waals surface area contributed by atoms with Crippen LogP contribution in [-0.2, 0) is 16.9 Å². The molecule has 3 aromatic rings. The first kappa shape index (κ1) is 15.5. The molecule has 0 aliphatic heterocycles. The summed E-state index contributed by atoms with van der Waals surface area (Å²) in [6, 6.07) is 0. The summed E-state index contributed by atoms with van der Waals surface area (Å²) >= 11 is 0. The van der Waals surface area contributed by atoms with Crippen LogP contribution in [0, 0.1) is 6.92 Å². The highest BCUT2D eigenvalue weighted by atomic mass is 16.5. The normalized spacial score (nSPS) is 15.9. The third-order valence-corrected chi connectivity index (χ3v) is 4.55. The summed E-state index contributed by atoms with van der Waals surface area (Å²) in [5.41, 5.74) is 6.43. The molecule has 1 fully saturated rings. The maximum Gasteiger partial charge on any atom is 0.223 e. The zero-order valence-corrected chi connectivity index (χ0v) is 13.8. The molecule has 3 aromatic heterocycles. The van der Waals surface area contributed by atoms with Crippen LogP contribution in [0.15, 0.2) is 17.2 Å². The second-order valence-electron chi connectivity index (χ2n) is 6.24. The number of aromatic nitrogens is 6. The molecule has 10 nitrogen and oxygen atoms in total. The molecule has 25 heavy (non-hydrogen) atoms. The number of nitrogens with zero attached hydrogens (tertiary/aromatic N) is 6. The first-order valence-electron chi connectivity index (χ1n) is 8.10. The van der Waals surface area contributed by atoms with Gasteiger partial charge in [0.25, 0.3) is 0 Å². The van der Waals surface area contributed by atoms with E-state index < -0.39 is 5.54 Å². The predicted molar refractivity (Wildman–Crippen MR) is 87.1 cm³/mol. The van der Waals surface area contributed by atoms with Crippen LogP contribution >= 0.6 is 0 Å². The number of nitrogens with two attached hydrogens (primary N) is 1. The van der Waals surface area contributed by atoms with E-state index in [0.717, 1.165) is 19.3 Å². The van der Waals surface area contributed by atoms with Gasteiger partial charge in [-0.15, -0.1) is 0 Å². The quantitative estimate of drug-likeness (QED) is 0.690. The molecule has 1 saturated carbocycles. The number of carbonyl (C=O) groups is 1. The Morgan fingerprint density at radius 2 is 2.24 bits per heavy atom. The Balaban J connectivity index is 1.44. The number of hydrogen-bond donors (Lipinski definition) is 2. The lowest BCUT2D eigenvalue weighted by molar-refractivity contribution is -0.124. The van der Waals surface area contributed by atoms with Crippen LogP contribution in [0.5, 0.6) is 0 Å². The third-order valence-electron chi connectivity index (χ3n) is 4.55. The van der Waals surface area contributed by atoms with Gasteiger partial charge in [0.15, 0.2) is 17.3 Å². The molecular weight excluding hydrogens is 324 g/mol. The molecule has 4 rings (SSSR count). The van der Waals surface area contributed by atoms with Gasteiger partial charge in [0.05, 0.1) is 6.33 Å². The highest BCUT2D eigenvalue weighted by Gasteiger charge is 2.44. The number of carbonyl (C=O) groups excluding carboxylic acids is 1. The van der Waals surface area contributed by atoms with Crippen molar-refractivity contribution in [1.29, 1.82) is 0 Å². The molecule has 1 amide bonds. The minimum atomic E-state index is -0.502. The van der Waals surface area contributed by atoms with Gasteiger partial charge in [-0.05, 0) is 19.3 Å². The van der Waals surface area contributed by atoms with Crippen LogP contribution < -0.4 is 11.1 Å². The zero-order valence-electron chi connectivity index (χ0n) is 13.8. The van der Waals surface area contributed by atoms with Gasteiger partial charge < -0.3 is 20.1 Å². The summed E-state index contributed by atoms with van der Waals surface area (Å²) in [4.78, 5) is 29.0. The third kappa shape index (κ3) is 2.69. The monoisotopic (exact) mass is 342 g/mol. The van der Waals surface area contributed by atoms with Gasteiger partial charge in [-0.25, -0.2) is 15.0 Å². The van der Waals surface area contributed by atoms with Gasteiger partial charge in [0, 0.05) is 19.9 Å². The summed E-state index contributed by atoms with van der Waals surface area (Å²) in [5, 5.41) is 7.04. The number of hydrogen-bond acceptors (Lipinski definition) is 8. The van der Waals surface area contributed by atoms with Gasteiger partial charge in [0.1, 0.15) is 17.4 Å². The van der Waals surface area contributed by atoms with Crippen LogP contribution in [0.3, 0.4) is 0 Å². The number of aryl methyl sites for hydroxylation is 2. The Hall–Kier alpha value is -3.04. The molecule has 0 spiro atoms. The van der Waals surface area contributed by atoms with Crippen molar-refractivity contribution in [3.05, 3.63) is 24.4 Å². The molecule has 0 aromatic carbocycles. The van der Waals surface area contributed by atoms with Crippen LogP contribution in [0.4, 0.5) is 5.82 Å². The van der Waals surface area contributed by atoms with Crippen molar-refractivity contribution in [1.82, 2.24) is 35.0 Å². The molecule has 1 aliphatic carbocycles. The smallest absolute Gasteiger partial charge is 0.223 e. The van der Waals surface area contributed by atoms with E-state index in [4.69, 9.17) is 10.3 Å². The van der Waals surface area contributed by atoms with E-state index in [1.165, 1.54) is 6.33 Å². The van der Waals surface area contributed by atoms with E-state index in [0.29, 0.717) is 35.2 Å². The fourth-order valence-electron chi connectivity index (χ4n) is 3.04. The summed E-state index contributed by atoms with van der Waals surface area (Å²) in [6.07, 6.45) is 5.94. The van der Waals surface area contributed by atoms with Gasteiger partial charge in [-0.3, -0.25) is 4.79 Å². The summed E-state index contributed by atoms with van der Waals surface area (Å²) < 4.78 is 6.85. The number of nitrogens with one attached hydrogen (secondary N) is 1. The molecule has 0 atom stereocenters. The average Bonchev–Trinajstić information content (AvgIpc) is 3.16. The van der Waals surface area contributed by atoms with Gasteiger partial charge in [-0.1, -0.05) is 5.16 Å². The van der Waals surface area contributed by atoms with Gasteiger partial charge in [-0.2, -0.15) is 4.98 Å². The molecule has 130 valence electrons. The fraction of sp³-hybridized carbons (Fsp3) is 0.467. The number of imidazole rings is 1. The summed E-state index contributed by atoms with van der Waals surface area (Å²) in [7, 11) is 0. The van der Waals surface area contributed by atoms with Crippen LogP contribution in [-0.4, -0.2) is 35.6 Å². The lowest BCUT2D eigenvalue weighted by Crippen LogP contribution is -2.51. The molecule has 3 N–H and O–H groups in total. The standard InChI is InChI=1S/C15H18N8O2/c1-9-20-14(22-25-9)15(4-2-5-15)21-10(24)3-6-23-8-19-11-12(16)17-7-18-13(11)23/h7-8H,2-6H2,1H3,(H,21,24)(H2,16,17,18). The Bertz CT molecular complexity index is 927. The Morgan fingerprint density at radius 3 is 2.92 bits per heavy atom. The predicted octanol–water partition coefficient (Wildman–Crippen LogP) is 0.686. The van der Waals surface area contributed by atoms with Gasteiger partial charge in [0.2, 0.25) is 11.8 Å².